The number of aromatic nitrogens is 2. The Hall–Kier alpha value is -1.96. The topological polar surface area (TPSA) is 150 Å². The van der Waals surface area contributed by atoms with Gasteiger partial charge in [0.2, 0.25) is 5.95 Å². The number of nitrogens with zero attached hydrogens (tertiary/aromatic N) is 3. The summed E-state index contributed by atoms with van der Waals surface area (Å²) in [4.78, 5) is 19.4. The maximum atomic E-state index is 12.3. The van der Waals surface area contributed by atoms with Gasteiger partial charge in [0.05, 0.1) is 17.1 Å². The quantitative estimate of drug-likeness (QED) is 0.156. The number of aromatic amines is 1. The number of anilines is 3. The molecule has 144 valence electrons. The van der Waals surface area contributed by atoms with Crippen molar-refractivity contribution in [2.75, 3.05) is 11.1 Å². The molecule has 29 heavy (non-hydrogen) atoms. The Morgan fingerprint density at radius 3 is 2.62 bits per heavy atom. The average Bonchev–Trinajstić information content (AvgIpc) is 2.68. The smallest absolute Gasteiger partial charge is 0.691 e. The summed E-state index contributed by atoms with van der Waals surface area (Å²) < 4.78 is 4.20. The Balaban J connectivity index is 0.00000300. The molecule has 0 amide bonds. The van der Waals surface area contributed by atoms with Crippen LogP contribution in [0.5, 0.6) is 0 Å². The van der Waals surface area contributed by atoms with Gasteiger partial charge in [0.1, 0.15) is 5.69 Å². The minimum atomic E-state index is -0.570. The van der Waals surface area contributed by atoms with E-state index in [9.17, 15) is 10.1 Å². The predicted octanol–water partition coefficient (Wildman–Crippen LogP) is 0.399. The molecule has 0 radical (unpaired) electrons. The van der Waals surface area contributed by atoms with E-state index in [-0.39, 0.29) is 57.7 Å². The number of rotatable bonds is 7. The van der Waals surface area contributed by atoms with Crippen LogP contribution in [0.1, 0.15) is 0 Å². The van der Waals surface area contributed by atoms with Crippen LogP contribution in [-0.4, -0.2) is 9.97 Å². The van der Waals surface area contributed by atoms with E-state index >= 15 is 0 Å². The van der Waals surface area contributed by atoms with E-state index in [4.69, 9.17) is 17.3 Å². The van der Waals surface area contributed by atoms with Crippen LogP contribution in [0.4, 0.5) is 28.8 Å². The van der Waals surface area contributed by atoms with Crippen LogP contribution in [0.2, 0.25) is 5.02 Å². The molecule has 3 rings (SSSR count). The van der Waals surface area contributed by atoms with E-state index in [1.807, 2.05) is 30.3 Å². The summed E-state index contributed by atoms with van der Waals surface area (Å²) in [5, 5.41) is 24.0. The van der Waals surface area contributed by atoms with Crippen LogP contribution in [0, 0.1) is 0 Å². The maximum Gasteiger partial charge on any atom is 1.00 e. The molecule has 0 fully saturated rings. The molecule has 1 aromatic heterocycles. The van der Waals surface area contributed by atoms with Crippen LogP contribution in [0.25, 0.3) is 0 Å². The summed E-state index contributed by atoms with van der Waals surface area (Å²) in [6, 6.07) is 13.7. The molecule has 0 aliphatic rings. The molecule has 0 aliphatic heterocycles. The third kappa shape index (κ3) is 6.52. The summed E-state index contributed by atoms with van der Waals surface area (Å²) >= 11 is 6.77. The van der Waals surface area contributed by atoms with Crippen molar-refractivity contribution in [3.63, 3.8) is 0 Å². The van der Waals surface area contributed by atoms with Crippen molar-refractivity contribution in [3.05, 3.63) is 63.9 Å². The third-order valence-electron chi connectivity index (χ3n) is 3.29. The summed E-state index contributed by atoms with van der Waals surface area (Å²) in [7, 11) is 0. The van der Waals surface area contributed by atoms with Gasteiger partial charge in [0, 0.05) is 10.6 Å². The number of benzene rings is 2. The van der Waals surface area contributed by atoms with E-state index < -0.39 is 5.56 Å². The number of nitrogens with two attached hydrogens (primary N) is 1. The van der Waals surface area contributed by atoms with Crippen LogP contribution in [0.15, 0.2) is 68.4 Å². The molecule has 0 bridgehead atoms. The molecule has 10 nitrogen and oxygen atoms in total. The predicted molar refractivity (Wildman–Crippen MR) is 103 cm³/mol. The van der Waals surface area contributed by atoms with Crippen molar-refractivity contribution in [3.8, 4) is 0 Å². The SMILES string of the molecule is Nc1nc(Nc2ccccc2)[nH]c(=O)c1N=Nc1ccc(SOO[O-])cc1Cl.[Na+]. The zero-order chi connectivity index (χ0) is 19.9. The molecule has 0 saturated carbocycles. The number of nitrogen functional groups attached to an aromatic ring is 1. The van der Waals surface area contributed by atoms with Crippen molar-refractivity contribution < 1.29 is 44.2 Å². The molecule has 4 N–H and O–H groups in total. The summed E-state index contributed by atoms with van der Waals surface area (Å²) in [6.45, 7) is 0. The largest absolute Gasteiger partial charge is 1.00 e. The molecule has 1 heterocycles. The first-order chi connectivity index (χ1) is 13.6. The number of halogens is 1. The molecule has 0 atom stereocenters. The fourth-order valence-electron chi connectivity index (χ4n) is 2.08. The van der Waals surface area contributed by atoms with Gasteiger partial charge in [0.25, 0.3) is 5.56 Å². The first-order valence-corrected chi connectivity index (χ1v) is 8.75. The van der Waals surface area contributed by atoms with Crippen LogP contribution >= 0.6 is 23.6 Å². The number of nitrogens with one attached hydrogen (secondary N) is 2. The van der Waals surface area contributed by atoms with Gasteiger partial charge in [-0.25, -0.2) is 0 Å². The van der Waals surface area contributed by atoms with Crippen molar-refractivity contribution in [1.29, 1.82) is 0 Å². The van der Waals surface area contributed by atoms with Crippen molar-refractivity contribution in [1.82, 2.24) is 9.97 Å². The van der Waals surface area contributed by atoms with E-state index in [1.165, 1.54) is 12.1 Å². The van der Waals surface area contributed by atoms with Crippen molar-refractivity contribution in [2.24, 2.45) is 10.2 Å². The Morgan fingerprint density at radius 2 is 1.97 bits per heavy atom. The molecule has 0 saturated heterocycles. The number of hydrogen-bond donors (Lipinski definition) is 3. The van der Waals surface area contributed by atoms with Crippen molar-refractivity contribution in [2.45, 2.75) is 4.90 Å². The number of H-pyrrole nitrogens is 1. The summed E-state index contributed by atoms with van der Waals surface area (Å²) in [5.41, 5.74) is 6.12. The Bertz CT molecular complexity index is 1050. The van der Waals surface area contributed by atoms with Crippen LogP contribution < -0.4 is 51.4 Å². The standard InChI is InChI=1S/C16H13ClN6O4S.Na/c17-11-8-10(28-27-26-25)6-7-12(11)22-23-13-14(18)20-16(21-15(13)24)19-9-4-2-1-3-5-9;/h1-8,25H,(H4,18,19,20,21,24);/q;+1/p-1. The fourth-order valence-corrected chi connectivity index (χ4v) is 2.75. The minimum absolute atomic E-state index is 0. The molecule has 13 heteroatoms. The van der Waals surface area contributed by atoms with Crippen LogP contribution in [-0.2, 0) is 9.37 Å². The average molecular weight is 443 g/mol. The van der Waals surface area contributed by atoms with Crippen molar-refractivity contribution >= 4 is 52.5 Å². The van der Waals surface area contributed by atoms with Gasteiger partial charge in [-0.05, 0) is 30.3 Å². The Labute approximate surface area is 195 Å². The van der Waals surface area contributed by atoms with Gasteiger partial charge < -0.3 is 16.3 Å². The zero-order valence-corrected chi connectivity index (χ0v) is 18.5. The normalized spacial score (nSPS) is 10.7. The van der Waals surface area contributed by atoms with Gasteiger partial charge >= 0.3 is 29.6 Å². The zero-order valence-electron chi connectivity index (χ0n) is 15.0. The Kier molecular flexibility index (Phi) is 9.07. The molecule has 3 aromatic rings. The second-order valence-electron chi connectivity index (χ2n) is 5.17. The molecule has 2 aromatic carbocycles. The third-order valence-corrected chi connectivity index (χ3v) is 4.17. The first-order valence-electron chi connectivity index (χ1n) is 7.63. The maximum absolute atomic E-state index is 12.3. The Morgan fingerprint density at radius 1 is 1.21 bits per heavy atom. The molecule has 0 spiro atoms. The van der Waals surface area contributed by atoms with Crippen LogP contribution in [0.3, 0.4) is 0 Å². The minimum Gasteiger partial charge on any atom is -0.691 e. The molecule has 0 unspecified atom stereocenters. The summed E-state index contributed by atoms with van der Waals surface area (Å²) in [5.74, 6) is 0.0721. The van der Waals surface area contributed by atoms with E-state index in [0.29, 0.717) is 16.9 Å². The molecular weight excluding hydrogens is 431 g/mol. The number of para-hydroxylation sites is 1. The van der Waals surface area contributed by atoms with E-state index in [0.717, 1.165) is 5.69 Å². The fraction of sp³-hybridized carbons (Fsp3) is 0. The van der Waals surface area contributed by atoms with Gasteiger partial charge in [-0.2, -0.15) is 9.32 Å². The van der Waals surface area contributed by atoms with Gasteiger partial charge in [-0.3, -0.25) is 14.8 Å². The second-order valence-corrected chi connectivity index (χ2v) is 6.35. The molecular formula is C16H12ClN6NaO4S. The molecule has 0 aliphatic carbocycles. The second kappa shape index (κ2) is 11.3. The first kappa shape index (κ1) is 23.3. The van der Waals surface area contributed by atoms with E-state index in [1.54, 1.807) is 6.07 Å². The number of azo groups is 1. The number of hydrogen-bond acceptors (Lipinski definition) is 10. The van der Waals surface area contributed by atoms with Gasteiger partial charge in [-0.1, -0.05) is 29.8 Å². The monoisotopic (exact) mass is 442 g/mol. The van der Waals surface area contributed by atoms with Gasteiger partial charge in [0.15, 0.2) is 11.5 Å². The van der Waals surface area contributed by atoms with E-state index in [2.05, 4.69) is 34.9 Å². The van der Waals surface area contributed by atoms with Gasteiger partial charge in [-0.15, -0.1) is 10.2 Å². The summed E-state index contributed by atoms with van der Waals surface area (Å²) in [6.07, 6.45) is 0.